The number of hydrogen-bond donors (Lipinski definition) is 1. The van der Waals surface area contributed by atoms with Gasteiger partial charge in [0.25, 0.3) is 0 Å². The van der Waals surface area contributed by atoms with Gasteiger partial charge in [0.05, 0.1) is 13.2 Å². The first kappa shape index (κ1) is 17.3. The van der Waals surface area contributed by atoms with E-state index in [0.717, 1.165) is 0 Å². The van der Waals surface area contributed by atoms with E-state index in [-0.39, 0.29) is 17.7 Å². The molecule has 0 rings (SSSR count). The summed E-state index contributed by atoms with van der Waals surface area (Å²) in [6.07, 6.45) is 3.27. The third kappa shape index (κ3) is 5.80. The topological polar surface area (TPSA) is 55.8 Å². The summed E-state index contributed by atoms with van der Waals surface area (Å²) < 4.78 is 10.7. The first-order valence-electron chi connectivity index (χ1n) is 6.19. The van der Waals surface area contributed by atoms with Gasteiger partial charge in [-0.1, -0.05) is 20.8 Å². The summed E-state index contributed by atoms with van der Waals surface area (Å²) in [6, 6.07) is 0. The number of aliphatic hydroxyl groups excluding tert-OH is 1. The predicted molar refractivity (Wildman–Crippen MR) is 74.9 cm³/mol. The molecular formula is C13H26O4Si. The molecule has 1 N–H and O–H groups in total. The number of esters is 1. The average Bonchev–Trinajstić information content (AvgIpc) is 2.23. The maximum Gasteiger partial charge on any atom is 0.330 e. The zero-order chi connectivity index (χ0) is 14.4. The van der Waals surface area contributed by atoms with Gasteiger partial charge >= 0.3 is 5.97 Å². The minimum Gasteiger partial charge on any atom is -0.466 e. The van der Waals surface area contributed by atoms with Crippen LogP contribution in [0.2, 0.25) is 18.1 Å². The van der Waals surface area contributed by atoms with Crippen molar-refractivity contribution >= 4 is 14.3 Å². The molecular weight excluding hydrogens is 248 g/mol. The van der Waals surface area contributed by atoms with Gasteiger partial charge in [-0.15, -0.1) is 0 Å². The highest BCUT2D eigenvalue weighted by atomic mass is 28.4. The highest BCUT2D eigenvalue weighted by molar-refractivity contribution is 6.74. The predicted octanol–water partition coefficient (Wildman–Crippen LogP) is 2.49. The van der Waals surface area contributed by atoms with Crippen LogP contribution in [0.25, 0.3) is 0 Å². The van der Waals surface area contributed by atoms with Crippen LogP contribution in [-0.2, 0) is 14.0 Å². The number of carbonyl (C=O) groups is 1. The molecule has 0 amide bonds. The van der Waals surface area contributed by atoms with Crippen molar-refractivity contribution in [1.29, 1.82) is 0 Å². The number of aliphatic hydroxyl groups is 1. The number of rotatable bonds is 6. The second kappa shape index (κ2) is 7.06. The summed E-state index contributed by atoms with van der Waals surface area (Å²) in [5.41, 5.74) is 0. The Morgan fingerprint density at radius 2 is 1.94 bits per heavy atom. The number of carbonyl (C=O) groups excluding carboxylic acids is 1. The summed E-state index contributed by atoms with van der Waals surface area (Å²) in [7, 11) is -0.566. The van der Waals surface area contributed by atoms with Crippen LogP contribution in [0.1, 0.15) is 27.2 Å². The van der Waals surface area contributed by atoms with Crippen LogP contribution in [0.5, 0.6) is 0 Å². The zero-order valence-corrected chi connectivity index (χ0v) is 13.3. The lowest BCUT2D eigenvalue weighted by Gasteiger charge is -2.38. The van der Waals surface area contributed by atoms with Crippen LogP contribution in [0.3, 0.4) is 0 Å². The quantitative estimate of drug-likeness (QED) is 0.459. The van der Waals surface area contributed by atoms with Crippen molar-refractivity contribution in [2.24, 2.45) is 0 Å². The summed E-state index contributed by atoms with van der Waals surface area (Å²) in [6.45, 7) is 10.8. The fraction of sp³-hybridized carbons (Fsp3) is 0.769. The molecule has 0 aromatic carbocycles. The smallest absolute Gasteiger partial charge is 0.330 e. The van der Waals surface area contributed by atoms with Gasteiger partial charge in [-0.25, -0.2) is 4.79 Å². The van der Waals surface area contributed by atoms with Gasteiger partial charge in [0.1, 0.15) is 0 Å². The van der Waals surface area contributed by atoms with E-state index in [1.54, 1.807) is 6.08 Å². The van der Waals surface area contributed by atoms with Crippen LogP contribution in [0.4, 0.5) is 0 Å². The molecule has 1 atom stereocenters. The Morgan fingerprint density at radius 3 is 2.33 bits per heavy atom. The molecule has 0 saturated carbocycles. The van der Waals surface area contributed by atoms with Crippen molar-refractivity contribution in [2.45, 2.75) is 51.4 Å². The Morgan fingerprint density at radius 1 is 1.39 bits per heavy atom. The van der Waals surface area contributed by atoms with E-state index in [0.29, 0.717) is 6.42 Å². The molecule has 0 aliphatic heterocycles. The van der Waals surface area contributed by atoms with E-state index in [2.05, 4.69) is 38.6 Å². The first-order valence-corrected chi connectivity index (χ1v) is 9.09. The van der Waals surface area contributed by atoms with Gasteiger partial charge in [-0.3, -0.25) is 0 Å². The molecule has 0 aliphatic rings. The van der Waals surface area contributed by atoms with Crippen molar-refractivity contribution in [3.05, 3.63) is 12.2 Å². The number of hydrogen-bond acceptors (Lipinski definition) is 4. The van der Waals surface area contributed by atoms with Gasteiger partial charge < -0.3 is 14.3 Å². The van der Waals surface area contributed by atoms with E-state index >= 15 is 0 Å². The molecule has 0 radical (unpaired) electrons. The summed E-state index contributed by atoms with van der Waals surface area (Å²) in [5.74, 6) is -0.406. The first-order chi connectivity index (χ1) is 8.14. The largest absolute Gasteiger partial charge is 0.466 e. The van der Waals surface area contributed by atoms with Gasteiger partial charge in [-0.05, 0) is 30.6 Å². The maximum atomic E-state index is 11.1. The summed E-state index contributed by atoms with van der Waals surface area (Å²) in [4.78, 5) is 11.1. The fourth-order valence-electron chi connectivity index (χ4n) is 1.13. The molecule has 0 bridgehead atoms. The monoisotopic (exact) mass is 274 g/mol. The van der Waals surface area contributed by atoms with E-state index in [1.807, 2.05) is 0 Å². The van der Waals surface area contributed by atoms with Crippen molar-refractivity contribution in [2.75, 3.05) is 13.7 Å². The lowest BCUT2D eigenvalue weighted by atomic mass is 10.2. The average molecular weight is 274 g/mol. The minimum absolute atomic E-state index is 0.0325. The standard InChI is InChI=1S/C13H26O4Si/c1-13(2,3)18(5,6)17-11(9-10-14)7-8-12(15)16-4/h7-8,11,14H,9-10H2,1-6H3/b8-7+/t11-/m0/s1. The maximum absolute atomic E-state index is 11.1. The Labute approximate surface area is 111 Å². The minimum atomic E-state index is -1.90. The van der Waals surface area contributed by atoms with E-state index < -0.39 is 14.3 Å². The molecule has 0 aromatic rings. The molecule has 0 unspecified atom stereocenters. The lowest BCUT2D eigenvalue weighted by molar-refractivity contribution is -0.134. The van der Waals surface area contributed by atoms with Crippen molar-refractivity contribution < 1.29 is 19.1 Å². The Kier molecular flexibility index (Phi) is 6.81. The number of methoxy groups -OCH3 is 1. The van der Waals surface area contributed by atoms with Crippen LogP contribution in [0, 0.1) is 0 Å². The van der Waals surface area contributed by atoms with Gasteiger partial charge in [0.15, 0.2) is 8.32 Å². The second-order valence-corrected chi connectivity index (χ2v) is 10.6. The Bertz CT molecular complexity index is 292. The molecule has 0 aliphatic carbocycles. The molecule has 0 fully saturated rings. The molecule has 0 heterocycles. The lowest BCUT2D eigenvalue weighted by Crippen LogP contribution is -2.43. The van der Waals surface area contributed by atoms with Crippen LogP contribution in [-0.4, -0.2) is 39.2 Å². The Balaban J connectivity index is 4.73. The van der Waals surface area contributed by atoms with Crippen molar-refractivity contribution in [1.82, 2.24) is 0 Å². The normalized spacial score (nSPS) is 14.8. The summed E-state index contributed by atoms with van der Waals surface area (Å²) >= 11 is 0. The molecule has 0 spiro atoms. The van der Waals surface area contributed by atoms with E-state index in [9.17, 15) is 4.79 Å². The van der Waals surface area contributed by atoms with Crippen LogP contribution >= 0.6 is 0 Å². The van der Waals surface area contributed by atoms with E-state index in [1.165, 1.54) is 13.2 Å². The van der Waals surface area contributed by atoms with Gasteiger partial charge in [0.2, 0.25) is 0 Å². The molecule has 5 heteroatoms. The molecule has 0 saturated heterocycles. The highest BCUT2D eigenvalue weighted by Crippen LogP contribution is 2.37. The highest BCUT2D eigenvalue weighted by Gasteiger charge is 2.38. The molecule has 4 nitrogen and oxygen atoms in total. The van der Waals surface area contributed by atoms with Gasteiger partial charge in [-0.2, -0.15) is 0 Å². The van der Waals surface area contributed by atoms with Crippen LogP contribution < -0.4 is 0 Å². The zero-order valence-electron chi connectivity index (χ0n) is 12.3. The molecule has 18 heavy (non-hydrogen) atoms. The Hall–Kier alpha value is -0.653. The molecule has 0 aromatic heterocycles. The third-order valence-corrected chi connectivity index (χ3v) is 7.82. The SMILES string of the molecule is COC(=O)/C=C/[C@@H](CCO)O[Si](C)(C)C(C)(C)C. The van der Waals surface area contributed by atoms with Crippen molar-refractivity contribution in [3.8, 4) is 0 Å². The third-order valence-electron chi connectivity index (χ3n) is 3.31. The van der Waals surface area contributed by atoms with Crippen molar-refractivity contribution in [3.63, 3.8) is 0 Å². The summed E-state index contributed by atoms with van der Waals surface area (Å²) in [5, 5.41) is 9.14. The fourth-order valence-corrected chi connectivity index (χ4v) is 2.44. The molecule has 106 valence electrons. The van der Waals surface area contributed by atoms with Crippen LogP contribution in [0.15, 0.2) is 12.2 Å². The van der Waals surface area contributed by atoms with Gasteiger partial charge in [0, 0.05) is 12.7 Å². The second-order valence-electron chi connectivity index (χ2n) is 5.81. The van der Waals surface area contributed by atoms with E-state index in [4.69, 9.17) is 9.53 Å². The number of ether oxygens (including phenoxy) is 1.